The van der Waals surface area contributed by atoms with E-state index in [1.807, 2.05) is 58.0 Å². The van der Waals surface area contributed by atoms with E-state index in [1.54, 1.807) is 42.5 Å². The number of sulfonamides is 1. The normalized spacial score (nSPS) is 12.4. The lowest BCUT2D eigenvalue weighted by Gasteiger charge is -2.34. The second-order valence-corrected chi connectivity index (χ2v) is 12.8. The van der Waals surface area contributed by atoms with Crippen molar-refractivity contribution >= 4 is 43.5 Å². The van der Waals surface area contributed by atoms with Gasteiger partial charge in [0.15, 0.2) is 0 Å². The van der Waals surface area contributed by atoms with Crippen LogP contribution in [0, 0.1) is 0 Å². The van der Waals surface area contributed by atoms with Gasteiger partial charge in [-0.1, -0.05) is 77.5 Å². The molecular weight excluding hydrogens is 566 g/mol. The van der Waals surface area contributed by atoms with E-state index in [0.717, 1.165) is 9.87 Å². The third kappa shape index (κ3) is 7.68. The molecule has 0 fully saturated rings. The van der Waals surface area contributed by atoms with Crippen LogP contribution >= 0.6 is 15.9 Å². The van der Waals surface area contributed by atoms with E-state index in [1.165, 1.54) is 17.0 Å². The largest absolute Gasteiger partial charge is 0.350 e. The van der Waals surface area contributed by atoms with E-state index in [-0.39, 0.29) is 17.3 Å². The van der Waals surface area contributed by atoms with Crippen LogP contribution in [0.1, 0.15) is 39.7 Å². The summed E-state index contributed by atoms with van der Waals surface area (Å²) in [5.74, 6) is -0.770. The topological polar surface area (TPSA) is 86.8 Å². The SMILES string of the molecule is CCC(C(=O)NC(C)(C)C)N(Cc1ccccc1)C(=O)CN(c1cccc(Br)c1)S(=O)(=O)c1ccccc1. The summed E-state index contributed by atoms with van der Waals surface area (Å²) in [7, 11) is -4.09. The molecule has 0 heterocycles. The van der Waals surface area contributed by atoms with Crippen LogP contribution in [0.2, 0.25) is 0 Å². The van der Waals surface area contributed by atoms with Crippen LogP contribution in [0.25, 0.3) is 0 Å². The van der Waals surface area contributed by atoms with E-state index in [9.17, 15) is 18.0 Å². The molecule has 202 valence electrons. The average molecular weight is 601 g/mol. The van der Waals surface area contributed by atoms with Gasteiger partial charge in [0.25, 0.3) is 10.0 Å². The van der Waals surface area contributed by atoms with Gasteiger partial charge in [0.1, 0.15) is 12.6 Å². The first kappa shape index (κ1) is 29.4. The second kappa shape index (κ2) is 12.6. The van der Waals surface area contributed by atoms with Crippen molar-refractivity contribution in [2.45, 2.75) is 57.1 Å². The summed E-state index contributed by atoms with van der Waals surface area (Å²) in [5, 5.41) is 2.97. The molecule has 1 atom stereocenters. The summed E-state index contributed by atoms with van der Waals surface area (Å²) >= 11 is 3.40. The van der Waals surface area contributed by atoms with E-state index >= 15 is 0 Å². The van der Waals surface area contributed by atoms with Crippen LogP contribution in [0.5, 0.6) is 0 Å². The van der Waals surface area contributed by atoms with Gasteiger partial charge in [-0.05, 0) is 63.1 Å². The molecule has 0 aliphatic carbocycles. The molecule has 0 saturated heterocycles. The predicted molar refractivity (Wildman–Crippen MR) is 154 cm³/mol. The quantitative estimate of drug-likeness (QED) is 0.339. The van der Waals surface area contributed by atoms with Crippen LogP contribution in [0.15, 0.2) is 94.3 Å². The highest BCUT2D eigenvalue weighted by atomic mass is 79.9. The molecule has 0 aliphatic heterocycles. The minimum absolute atomic E-state index is 0.0694. The van der Waals surface area contributed by atoms with Gasteiger partial charge in [-0.3, -0.25) is 13.9 Å². The molecule has 3 aromatic carbocycles. The fraction of sp³-hybridized carbons (Fsp3) is 0.310. The molecule has 0 aliphatic rings. The number of hydrogen-bond acceptors (Lipinski definition) is 4. The Labute approximate surface area is 234 Å². The van der Waals surface area contributed by atoms with Crippen LogP contribution in [0.3, 0.4) is 0 Å². The van der Waals surface area contributed by atoms with Crippen molar-refractivity contribution in [3.05, 3.63) is 95.0 Å². The molecule has 0 bridgehead atoms. The Bertz CT molecular complexity index is 1340. The number of halogens is 1. The first-order chi connectivity index (χ1) is 17.9. The maximum atomic E-state index is 14.0. The average Bonchev–Trinajstić information content (AvgIpc) is 2.87. The molecule has 38 heavy (non-hydrogen) atoms. The lowest BCUT2D eigenvalue weighted by Crippen LogP contribution is -2.55. The predicted octanol–water partition coefficient (Wildman–Crippen LogP) is 5.37. The molecule has 0 aromatic heterocycles. The van der Waals surface area contributed by atoms with Gasteiger partial charge in [-0.25, -0.2) is 8.42 Å². The van der Waals surface area contributed by atoms with Gasteiger partial charge < -0.3 is 10.2 Å². The number of carbonyl (C=O) groups is 2. The Hall–Kier alpha value is -3.17. The lowest BCUT2D eigenvalue weighted by molar-refractivity contribution is -0.141. The van der Waals surface area contributed by atoms with Crippen LogP contribution < -0.4 is 9.62 Å². The minimum Gasteiger partial charge on any atom is -0.350 e. The Morgan fingerprint density at radius 2 is 1.53 bits per heavy atom. The number of nitrogens with zero attached hydrogens (tertiary/aromatic N) is 2. The van der Waals surface area contributed by atoms with Crippen molar-refractivity contribution < 1.29 is 18.0 Å². The Morgan fingerprint density at radius 3 is 2.08 bits per heavy atom. The number of anilines is 1. The first-order valence-electron chi connectivity index (χ1n) is 12.4. The molecule has 0 saturated carbocycles. The highest BCUT2D eigenvalue weighted by Crippen LogP contribution is 2.27. The molecule has 0 radical (unpaired) electrons. The van der Waals surface area contributed by atoms with Gasteiger partial charge in [0, 0.05) is 16.6 Å². The Morgan fingerprint density at radius 1 is 0.921 bits per heavy atom. The van der Waals surface area contributed by atoms with Crippen molar-refractivity contribution in [2.24, 2.45) is 0 Å². The molecule has 3 aromatic rings. The van der Waals surface area contributed by atoms with Crippen molar-refractivity contribution in [1.82, 2.24) is 10.2 Å². The van der Waals surface area contributed by atoms with Crippen molar-refractivity contribution in [3.63, 3.8) is 0 Å². The van der Waals surface area contributed by atoms with Crippen LogP contribution in [-0.4, -0.2) is 43.3 Å². The van der Waals surface area contributed by atoms with Gasteiger partial charge in [-0.2, -0.15) is 0 Å². The van der Waals surface area contributed by atoms with Crippen molar-refractivity contribution in [2.75, 3.05) is 10.8 Å². The van der Waals surface area contributed by atoms with E-state index < -0.39 is 34.1 Å². The number of rotatable bonds is 10. The smallest absolute Gasteiger partial charge is 0.264 e. The van der Waals surface area contributed by atoms with Crippen molar-refractivity contribution in [1.29, 1.82) is 0 Å². The summed E-state index contributed by atoms with van der Waals surface area (Å²) in [5.41, 5.74) is 0.677. The maximum Gasteiger partial charge on any atom is 0.264 e. The van der Waals surface area contributed by atoms with E-state index in [2.05, 4.69) is 21.2 Å². The Balaban J connectivity index is 2.05. The van der Waals surface area contributed by atoms with E-state index in [0.29, 0.717) is 16.6 Å². The minimum atomic E-state index is -4.09. The molecule has 0 spiro atoms. The number of hydrogen-bond donors (Lipinski definition) is 1. The van der Waals surface area contributed by atoms with Crippen molar-refractivity contribution in [3.8, 4) is 0 Å². The third-order valence-electron chi connectivity index (χ3n) is 5.79. The van der Waals surface area contributed by atoms with Gasteiger partial charge in [0.05, 0.1) is 10.6 Å². The fourth-order valence-electron chi connectivity index (χ4n) is 4.03. The van der Waals surface area contributed by atoms with Gasteiger partial charge in [-0.15, -0.1) is 0 Å². The molecule has 2 amide bonds. The highest BCUT2D eigenvalue weighted by Gasteiger charge is 2.34. The van der Waals surface area contributed by atoms with Gasteiger partial charge >= 0.3 is 0 Å². The summed E-state index contributed by atoms with van der Waals surface area (Å²) in [6.07, 6.45) is 0.364. The summed E-state index contributed by atoms with van der Waals surface area (Å²) in [6.45, 7) is 7.16. The molecular formula is C29H34BrN3O4S. The number of carbonyl (C=O) groups excluding carboxylic acids is 2. The number of amides is 2. The highest BCUT2D eigenvalue weighted by molar-refractivity contribution is 9.10. The third-order valence-corrected chi connectivity index (χ3v) is 8.07. The molecule has 9 heteroatoms. The zero-order valence-corrected chi connectivity index (χ0v) is 24.5. The summed E-state index contributed by atoms with van der Waals surface area (Å²) < 4.78 is 29.3. The fourth-order valence-corrected chi connectivity index (χ4v) is 5.85. The first-order valence-corrected chi connectivity index (χ1v) is 14.6. The zero-order valence-electron chi connectivity index (χ0n) is 22.1. The molecule has 1 N–H and O–H groups in total. The monoisotopic (exact) mass is 599 g/mol. The van der Waals surface area contributed by atoms with Gasteiger partial charge in [0.2, 0.25) is 11.8 Å². The summed E-state index contributed by atoms with van der Waals surface area (Å²) in [6, 6.07) is 23.4. The maximum absolute atomic E-state index is 14.0. The molecule has 7 nitrogen and oxygen atoms in total. The molecule has 1 unspecified atom stereocenters. The Kier molecular flexibility index (Phi) is 9.73. The van der Waals surface area contributed by atoms with Crippen LogP contribution in [-0.2, 0) is 26.2 Å². The second-order valence-electron chi connectivity index (χ2n) is 9.98. The molecule has 3 rings (SSSR count). The zero-order chi connectivity index (χ0) is 27.9. The number of benzene rings is 3. The standard InChI is InChI=1S/C29H34BrN3O4S/c1-5-26(28(35)31-29(2,3)4)32(20-22-13-8-6-9-14-22)27(34)21-33(24-16-12-15-23(30)19-24)38(36,37)25-17-10-7-11-18-25/h6-19,26H,5,20-21H2,1-4H3,(H,31,35). The summed E-state index contributed by atoms with van der Waals surface area (Å²) in [4.78, 5) is 28.8. The lowest BCUT2D eigenvalue weighted by atomic mass is 10.1. The van der Waals surface area contributed by atoms with E-state index in [4.69, 9.17) is 0 Å². The number of nitrogens with one attached hydrogen (secondary N) is 1. The van der Waals surface area contributed by atoms with Crippen LogP contribution in [0.4, 0.5) is 5.69 Å².